The Morgan fingerprint density at radius 3 is 2.44 bits per heavy atom. The van der Waals surface area contributed by atoms with E-state index >= 15 is 0 Å². The number of carbonyl (C=O) groups excluding carboxylic acids is 2. The number of nitro benzene ring substituents is 1. The molecule has 0 aliphatic carbocycles. The molecule has 8 nitrogen and oxygen atoms in total. The molecule has 2 amide bonds. The Hall–Kier alpha value is -2.74. The van der Waals surface area contributed by atoms with Crippen molar-refractivity contribution in [2.45, 2.75) is 39.8 Å². The van der Waals surface area contributed by atoms with Crippen molar-refractivity contribution < 1.29 is 24.4 Å². The number of hydrogen-bond donors (Lipinski definition) is 1. The van der Waals surface area contributed by atoms with E-state index in [4.69, 9.17) is 4.74 Å². The number of nitro groups is 1. The van der Waals surface area contributed by atoms with Crippen LogP contribution in [0.3, 0.4) is 0 Å². The number of carbonyl (C=O) groups is 2. The molecule has 1 aromatic rings. The van der Waals surface area contributed by atoms with Gasteiger partial charge in [-0.1, -0.05) is 26.8 Å². The summed E-state index contributed by atoms with van der Waals surface area (Å²) >= 11 is 0. The number of nitrogens with zero attached hydrogens (tertiary/aromatic N) is 2. The van der Waals surface area contributed by atoms with Crippen LogP contribution >= 0.6 is 0 Å². The maximum Gasteiger partial charge on any atom is 0.417 e. The van der Waals surface area contributed by atoms with Crippen molar-refractivity contribution in [1.29, 1.82) is 0 Å². The number of cyclic esters (lactones) is 1. The zero-order chi connectivity index (χ0) is 20.3. The lowest BCUT2D eigenvalue weighted by molar-refractivity contribution is -0.384. The fraction of sp³-hybridized carbons (Fsp3) is 0.474. The number of rotatable bonds is 6. The highest BCUT2D eigenvalue weighted by Crippen LogP contribution is 2.27. The molecule has 0 unspecified atom stereocenters. The SMILES string of the molecule is C/C(=C\[C@H](C)[C@@H](O)c1ccc([N+](=O)[O-])cc1)C(=O)N1C(=O)OC[C@@H]1C(C)C. The van der Waals surface area contributed by atoms with E-state index in [0.29, 0.717) is 11.1 Å². The van der Waals surface area contributed by atoms with E-state index in [1.165, 1.54) is 24.3 Å². The van der Waals surface area contributed by atoms with Crippen LogP contribution in [0, 0.1) is 22.0 Å². The first-order valence-corrected chi connectivity index (χ1v) is 8.74. The Kier molecular flexibility index (Phi) is 6.32. The molecule has 0 bridgehead atoms. The van der Waals surface area contributed by atoms with Gasteiger partial charge in [0.05, 0.1) is 17.1 Å². The molecule has 1 heterocycles. The molecule has 1 fully saturated rings. The van der Waals surface area contributed by atoms with Crippen LogP contribution < -0.4 is 0 Å². The first-order chi connectivity index (χ1) is 12.6. The maximum absolute atomic E-state index is 12.7. The van der Waals surface area contributed by atoms with Crippen molar-refractivity contribution in [3.05, 3.63) is 51.6 Å². The minimum absolute atomic E-state index is 0.0622. The van der Waals surface area contributed by atoms with Crippen molar-refractivity contribution in [2.75, 3.05) is 6.61 Å². The van der Waals surface area contributed by atoms with E-state index in [1.807, 2.05) is 13.8 Å². The van der Waals surface area contributed by atoms with E-state index in [9.17, 15) is 24.8 Å². The van der Waals surface area contributed by atoms with Gasteiger partial charge < -0.3 is 9.84 Å². The minimum atomic E-state index is -0.944. The third-order valence-electron chi connectivity index (χ3n) is 4.69. The van der Waals surface area contributed by atoms with Gasteiger partial charge in [-0.15, -0.1) is 0 Å². The molecule has 0 saturated carbocycles. The molecule has 0 spiro atoms. The molecule has 1 aromatic carbocycles. The van der Waals surface area contributed by atoms with Gasteiger partial charge in [0, 0.05) is 23.6 Å². The van der Waals surface area contributed by atoms with Gasteiger partial charge >= 0.3 is 6.09 Å². The average Bonchev–Trinajstić information content (AvgIpc) is 3.02. The van der Waals surface area contributed by atoms with E-state index < -0.39 is 28.9 Å². The van der Waals surface area contributed by atoms with Gasteiger partial charge in [-0.25, -0.2) is 9.69 Å². The number of imide groups is 1. The molecule has 1 aliphatic rings. The van der Waals surface area contributed by atoms with E-state index in [2.05, 4.69) is 0 Å². The topological polar surface area (TPSA) is 110 Å². The Morgan fingerprint density at radius 1 is 1.33 bits per heavy atom. The Morgan fingerprint density at radius 2 is 1.93 bits per heavy atom. The van der Waals surface area contributed by atoms with Crippen LogP contribution in [0.25, 0.3) is 0 Å². The quantitative estimate of drug-likeness (QED) is 0.464. The van der Waals surface area contributed by atoms with E-state index in [1.54, 1.807) is 19.9 Å². The van der Waals surface area contributed by atoms with Crippen LogP contribution in [0.15, 0.2) is 35.9 Å². The summed E-state index contributed by atoms with van der Waals surface area (Å²) in [7, 11) is 0. The summed E-state index contributed by atoms with van der Waals surface area (Å²) in [4.78, 5) is 35.9. The molecule has 1 aliphatic heterocycles. The van der Waals surface area contributed by atoms with Crippen molar-refractivity contribution in [3.8, 4) is 0 Å². The van der Waals surface area contributed by atoms with Gasteiger partial charge in [-0.05, 0) is 30.5 Å². The second kappa shape index (κ2) is 8.30. The van der Waals surface area contributed by atoms with Crippen LogP contribution in [-0.2, 0) is 9.53 Å². The van der Waals surface area contributed by atoms with Crippen molar-refractivity contribution in [3.63, 3.8) is 0 Å². The lowest BCUT2D eigenvalue weighted by atomic mass is 9.95. The molecule has 3 atom stereocenters. The predicted octanol–water partition coefficient (Wildman–Crippen LogP) is 3.21. The van der Waals surface area contributed by atoms with Crippen LogP contribution in [0.2, 0.25) is 0 Å². The third-order valence-corrected chi connectivity index (χ3v) is 4.69. The van der Waals surface area contributed by atoms with E-state index in [-0.39, 0.29) is 24.3 Å². The van der Waals surface area contributed by atoms with Crippen LogP contribution in [0.5, 0.6) is 0 Å². The predicted molar refractivity (Wildman–Crippen MR) is 97.8 cm³/mol. The molecule has 2 rings (SSSR count). The first-order valence-electron chi connectivity index (χ1n) is 8.74. The van der Waals surface area contributed by atoms with E-state index in [0.717, 1.165) is 4.90 Å². The van der Waals surface area contributed by atoms with Crippen LogP contribution in [-0.4, -0.2) is 39.6 Å². The number of aliphatic hydroxyl groups is 1. The Balaban J connectivity index is 2.14. The number of aliphatic hydroxyl groups excluding tert-OH is 1. The number of hydrogen-bond acceptors (Lipinski definition) is 6. The number of non-ortho nitro benzene ring substituents is 1. The largest absolute Gasteiger partial charge is 0.447 e. The third kappa shape index (κ3) is 4.51. The fourth-order valence-corrected chi connectivity index (χ4v) is 3.00. The summed E-state index contributed by atoms with van der Waals surface area (Å²) in [6, 6.07) is 5.29. The monoisotopic (exact) mass is 376 g/mol. The normalized spacial score (nSPS) is 19.8. The summed E-state index contributed by atoms with van der Waals surface area (Å²) in [6.45, 7) is 7.31. The molecule has 1 N–H and O–H groups in total. The highest BCUT2D eigenvalue weighted by atomic mass is 16.6. The molecule has 27 heavy (non-hydrogen) atoms. The molecule has 8 heteroatoms. The maximum atomic E-state index is 12.7. The van der Waals surface area contributed by atoms with Gasteiger partial charge in [0.1, 0.15) is 6.61 Å². The van der Waals surface area contributed by atoms with Crippen molar-refractivity contribution in [2.24, 2.45) is 11.8 Å². The number of amides is 2. The fourth-order valence-electron chi connectivity index (χ4n) is 3.00. The molecule has 0 radical (unpaired) electrons. The summed E-state index contributed by atoms with van der Waals surface area (Å²) in [5, 5.41) is 21.2. The lowest BCUT2D eigenvalue weighted by Gasteiger charge is -2.23. The lowest BCUT2D eigenvalue weighted by Crippen LogP contribution is -2.42. The molecule has 146 valence electrons. The second-order valence-corrected chi connectivity index (χ2v) is 7.07. The van der Waals surface area contributed by atoms with Gasteiger partial charge in [-0.2, -0.15) is 0 Å². The van der Waals surface area contributed by atoms with Gasteiger partial charge in [0.15, 0.2) is 0 Å². The standard InChI is InChI=1S/C19H24N2O6/c1-11(2)16-10-27-19(24)20(16)18(23)13(4)9-12(3)17(22)14-5-7-15(8-6-14)21(25)26/h5-9,11-12,16-17,22H,10H2,1-4H3/b13-9+/t12-,16+,17+/m0/s1. The Labute approximate surface area is 157 Å². The smallest absolute Gasteiger partial charge is 0.417 e. The average molecular weight is 376 g/mol. The number of benzene rings is 1. The van der Waals surface area contributed by atoms with Crippen LogP contribution in [0.4, 0.5) is 10.5 Å². The molecule has 1 saturated heterocycles. The molecule has 0 aromatic heterocycles. The number of ether oxygens (including phenoxy) is 1. The van der Waals surface area contributed by atoms with Crippen molar-refractivity contribution in [1.82, 2.24) is 4.90 Å². The highest BCUT2D eigenvalue weighted by molar-refractivity contribution is 6.03. The summed E-state index contributed by atoms with van der Waals surface area (Å²) in [5.74, 6) is -0.818. The van der Waals surface area contributed by atoms with Crippen molar-refractivity contribution >= 4 is 17.7 Å². The second-order valence-electron chi connectivity index (χ2n) is 7.07. The molecular formula is C19H24N2O6. The zero-order valence-corrected chi connectivity index (χ0v) is 15.8. The zero-order valence-electron chi connectivity index (χ0n) is 15.8. The van der Waals surface area contributed by atoms with Crippen LogP contribution in [0.1, 0.15) is 39.4 Å². The Bertz CT molecular complexity index is 756. The highest BCUT2D eigenvalue weighted by Gasteiger charge is 2.40. The van der Waals surface area contributed by atoms with Gasteiger partial charge in [0.2, 0.25) is 0 Å². The van der Waals surface area contributed by atoms with Gasteiger partial charge in [-0.3, -0.25) is 14.9 Å². The summed E-state index contributed by atoms with van der Waals surface area (Å²) in [6.07, 6.45) is -0.00721. The first kappa shape index (κ1) is 20.6. The minimum Gasteiger partial charge on any atom is -0.447 e. The molecular weight excluding hydrogens is 352 g/mol. The van der Waals surface area contributed by atoms with Gasteiger partial charge in [0.25, 0.3) is 11.6 Å². The summed E-state index contributed by atoms with van der Waals surface area (Å²) in [5.41, 5.74) is 0.769. The summed E-state index contributed by atoms with van der Waals surface area (Å²) < 4.78 is 5.00.